The lowest BCUT2D eigenvalue weighted by atomic mass is 9.91. The smallest absolute Gasteiger partial charge is 0.416 e. The number of allylic oxidation sites excluding steroid dienone is 1. The van der Waals surface area contributed by atoms with Gasteiger partial charge < -0.3 is 15.4 Å². The molecule has 0 aliphatic carbocycles. The summed E-state index contributed by atoms with van der Waals surface area (Å²) in [6, 6.07) is 2.90. The molecule has 8 heteroatoms. The van der Waals surface area contributed by atoms with Crippen molar-refractivity contribution in [2.24, 2.45) is 0 Å². The Morgan fingerprint density at radius 2 is 1.96 bits per heavy atom. The van der Waals surface area contributed by atoms with Gasteiger partial charge in [0.25, 0.3) is 0 Å². The van der Waals surface area contributed by atoms with Gasteiger partial charge in [0.1, 0.15) is 0 Å². The third-order valence-electron chi connectivity index (χ3n) is 3.49. The molecule has 0 spiro atoms. The van der Waals surface area contributed by atoms with Crippen molar-refractivity contribution in [1.29, 1.82) is 0 Å². The van der Waals surface area contributed by atoms with Crippen molar-refractivity contribution in [3.8, 4) is 0 Å². The number of carbonyl (C=O) groups is 2. The first-order chi connectivity index (χ1) is 10.8. The molecule has 0 saturated carbocycles. The Kier molecular flexibility index (Phi) is 4.63. The summed E-state index contributed by atoms with van der Waals surface area (Å²) in [5, 5.41) is 4.80. The van der Waals surface area contributed by atoms with Gasteiger partial charge >= 0.3 is 18.2 Å². The maximum atomic E-state index is 13.2. The Balaban J connectivity index is 2.65. The zero-order chi connectivity index (χ0) is 17.2. The van der Waals surface area contributed by atoms with E-state index in [0.29, 0.717) is 0 Å². The minimum atomic E-state index is -4.61. The zero-order valence-electron chi connectivity index (χ0n) is 12.5. The second-order valence-corrected chi connectivity index (χ2v) is 4.85. The predicted octanol–water partition coefficient (Wildman–Crippen LogP) is 2.90. The van der Waals surface area contributed by atoms with Gasteiger partial charge in [0, 0.05) is 5.70 Å². The van der Waals surface area contributed by atoms with E-state index in [0.717, 1.165) is 13.2 Å². The third-order valence-corrected chi connectivity index (χ3v) is 3.49. The van der Waals surface area contributed by atoms with Gasteiger partial charge in [-0.2, -0.15) is 13.2 Å². The van der Waals surface area contributed by atoms with Gasteiger partial charge in [-0.25, -0.2) is 9.59 Å². The first-order valence-corrected chi connectivity index (χ1v) is 6.84. The summed E-state index contributed by atoms with van der Waals surface area (Å²) in [5.41, 5.74) is -0.917. The van der Waals surface area contributed by atoms with Gasteiger partial charge in [-0.15, -0.1) is 0 Å². The number of ether oxygens (including phenoxy) is 1. The van der Waals surface area contributed by atoms with Crippen LogP contribution < -0.4 is 10.6 Å². The molecule has 0 radical (unpaired) electrons. The fourth-order valence-electron chi connectivity index (χ4n) is 2.49. The number of hydrogen-bond acceptors (Lipinski definition) is 3. The van der Waals surface area contributed by atoms with Crippen molar-refractivity contribution in [2.75, 3.05) is 7.11 Å². The number of halogens is 3. The summed E-state index contributed by atoms with van der Waals surface area (Å²) in [5.74, 6) is -0.795. The molecule has 0 saturated heterocycles. The first-order valence-electron chi connectivity index (χ1n) is 6.84. The molecule has 1 aromatic rings. The van der Waals surface area contributed by atoms with Crippen LogP contribution in [0.2, 0.25) is 0 Å². The Labute approximate surface area is 130 Å². The van der Waals surface area contributed by atoms with Crippen LogP contribution in [0.4, 0.5) is 18.0 Å². The average Bonchev–Trinajstić information content (AvgIpc) is 2.52. The minimum absolute atomic E-state index is 0.0358. The summed E-state index contributed by atoms with van der Waals surface area (Å²) in [6.45, 7) is 1.68. The van der Waals surface area contributed by atoms with E-state index < -0.39 is 29.8 Å². The SMILES string of the molecule is CCC1=C(C(=O)OC)C(c2ccccc2C(F)(F)F)NC(=O)N1. The minimum Gasteiger partial charge on any atom is -0.466 e. The van der Waals surface area contributed by atoms with Crippen LogP contribution in [0.3, 0.4) is 0 Å². The fourth-order valence-corrected chi connectivity index (χ4v) is 2.49. The van der Waals surface area contributed by atoms with Crippen LogP contribution in [-0.4, -0.2) is 19.1 Å². The Morgan fingerprint density at radius 1 is 1.30 bits per heavy atom. The Morgan fingerprint density at radius 3 is 2.52 bits per heavy atom. The van der Waals surface area contributed by atoms with E-state index in [9.17, 15) is 22.8 Å². The molecule has 2 N–H and O–H groups in total. The summed E-state index contributed by atoms with van der Waals surface area (Å²) in [7, 11) is 1.13. The van der Waals surface area contributed by atoms with Gasteiger partial charge in [-0.05, 0) is 18.1 Å². The lowest BCUT2D eigenvalue weighted by molar-refractivity contribution is -0.139. The molecule has 0 fully saturated rings. The van der Waals surface area contributed by atoms with Crippen molar-refractivity contribution in [1.82, 2.24) is 10.6 Å². The van der Waals surface area contributed by atoms with Crippen molar-refractivity contribution < 1.29 is 27.5 Å². The highest BCUT2D eigenvalue weighted by molar-refractivity contribution is 5.95. The summed E-state index contributed by atoms with van der Waals surface area (Å²) < 4.78 is 44.4. The molecule has 2 amide bonds. The summed E-state index contributed by atoms with van der Waals surface area (Å²) in [4.78, 5) is 23.8. The highest BCUT2D eigenvalue weighted by Gasteiger charge is 2.40. The van der Waals surface area contributed by atoms with Crippen LogP contribution in [0.15, 0.2) is 35.5 Å². The fraction of sp³-hybridized carbons (Fsp3) is 0.333. The second kappa shape index (κ2) is 6.31. The molecule has 0 aromatic heterocycles. The Bertz CT molecular complexity index is 668. The number of amides is 2. The molecule has 1 aromatic carbocycles. The molecule has 1 atom stereocenters. The van der Waals surface area contributed by atoms with Crippen LogP contribution in [0, 0.1) is 0 Å². The predicted molar refractivity (Wildman–Crippen MR) is 75.2 cm³/mol. The van der Waals surface area contributed by atoms with Crippen LogP contribution in [-0.2, 0) is 15.7 Å². The molecular formula is C15H15F3N2O3. The summed E-state index contributed by atoms with van der Waals surface area (Å²) in [6.07, 6.45) is -4.34. The average molecular weight is 328 g/mol. The molecule has 23 heavy (non-hydrogen) atoms. The molecule has 1 aliphatic rings. The number of esters is 1. The van der Waals surface area contributed by atoms with E-state index in [1.54, 1.807) is 6.92 Å². The van der Waals surface area contributed by atoms with E-state index in [1.807, 2.05) is 0 Å². The number of carbonyl (C=O) groups excluding carboxylic acids is 2. The first kappa shape index (κ1) is 16.9. The highest BCUT2D eigenvalue weighted by Crippen LogP contribution is 2.38. The maximum absolute atomic E-state index is 13.2. The molecule has 124 valence electrons. The molecule has 1 unspecified atom stereocenters. The van der Waals surface area contributed by atoms with E-state index in [2.05, 4.69) is 15.4 Å². The van der Waals surface area contributed by atoms with Crippen LogP contribution in [0.25, 0.3) is 0 Å². The number of urea groups is 1. The largest absolute Gasteiger partial charge is 0.466 e. The molecule has 5 nitrogen and oxygen atoms in total. The van der Waals surface area contributed by atoms with Crippen LogP contribution in [0.5, 0.6) is 0 Å². The van der Waals surface area contributed by atoms with E-state index in [-0.39, 0.29) is 23.3 Å². The van der Waals surface area contributed by atoms with Crippen molar-refractivity contribution in [3.63, 3.8) is 0 Å². The van der Waals surface area contributed by atoms with Gasteiger partial charge in [-0.1, -0.05) is 25.1 Å². The number of alkyl halides is 3. The van der Waals surface area contributed by atoms with Gasteiger partial charge in [0.2, 0.25) is 0 Å². The number of rotatable bonds is 3. The molecule has 1 aliphatic heterocycles. The normalized spacial score (nSPS) is 18.3. The monoisotopic (exact) mass is 328 g/mol. The van der Waals surface area contributed by atoms with E-state index in [1.165, 1.54) is 18.2 Å². The molecule has 2 rings (SSSR count). The van der Waals surface area contributed by atoms with E-state index >= 15 is 0 Å². The van der Waals surface area contributed by atoms with Crippen LogP contribution >= 0.6 is 0 Å². The third kappa shape index (κ3) is 3.30. The standard InChI is InChI=1S/C15H15F3N2O3/c1-3-10-11(13(21)23-2)12(20-14(22)19-10)8-6-4-5-7-9(8)15(16,17)18/h4-7,12H,3H2,1-2H3,(H2,19,20,22). The van der Waals surface area contributed by atoms with Crippen LogP contribution in [0.1, 0.15) is 30.5 Å². The number of methoxy groups -OCH3 is 1. The summed E-state index contributed by atoms with van der Waals surface area (Å²) >= 11 is 0. The quantitative estimate of drug-likeness (QED) is 0.839. The van der Waals surface area contributed by atoms with Gasteiger partial charge in [0.05, 0.1) is 24.3 Å². The molecule has 1 heterocycles. The lowest BCUT2D eigenvalue weighted by Gasteiger charge is -2.30. The van der Waals surface area contributed by atoms with Crippen molar-refractivity contribution in [2.45, 2.75) is 25.6 Å². The highest BCUT2D eigenvalue weighted by atomic mass is 19.4. The molecule has 0 bridgehead atoms. The number of hydrogen-bond donors (Lipinski definition) is 2. The van der Waals surface area contributed by atoms with E-state index in [4.69, 9.17) is 0 Å². The zero-order valence-corrected chi connectivity index (χ0v) is 12.5. The topological polar surface area (TPSA) is 67.4 Å². The maximum Gasteiger partial charge on any atom is 0.416 e. The number of benzene rings is 1. The van der Waals surface area contributed by atoms with Gasteiger partial charge in [0.15, 0.2) is 0 Å². The van der Waals surface area contributed by atoms with Crippen molar-refractivity contribution in [3.05, 3.63) is 46.7 Å². The van der Waals surface area contributed by atoms with Crippen molar-refractivity contribution >= 4 is 12.0 Å². The Hall–Kier alpha value is -2.51. The number of nitrogens with one attached hydrogen (secondary N) is 2. The lowest BCUT2D eigenvalue weighted by Crippen LogP contribution is -2.46. The molecular weight excluding hydrogens is 313 g/mol. The second-order valence-electron chi connectivity index (χ2n) is 4.85. The van der Waals surface area contributed by atoms with Gasteiger partial charge in [-0.3, -0.25) is 0 Å².